The quantitative estimate of drug-likeness (QED) is 0.217. The number of aryl methyl sites for hydroxylation is 1. The molecular formula is C30H31Cl2N3O3. The fraction of sp³-hybridized carbons (Fsp3) is 0.267. The number of ether oxygens (including phenoxy) is 1. The van der Waals surface area contributed by atoms with Gasteiger partial charge >= 0.3 is 5.97 Å². The van der Waals surface area contributed by atoms with Crippen molar-refractivity contribution in [2.24, 2.45) is 0 Å². The van der Waals surface area contributed by atoms with Gasteiger partial charge in [0.2, 0.25) is 0 Å². The van der Waals surface area contributed by atoms with Gasteiger partial charge in [-0.05, 0) is 72.9 Å². The van der Waals surface area contributed by atoms with E-state index in [9.17, 15) is 9.90 Å². The van der Waals surface area contributed by atoms with Crippen molar-refractivity contribution in [1.82, 2.24) is 9.78 Å². The number of hydrogen-bond donors (Lipinski definition) is 1. The Balaban J connectivity index is 1.58. The second-order valence-electron chi connectivity index (χ2n) is 9.40. The van der Waals surface area contributed by atoms with Gasteiger partial charge in [0, 0.05) is 18.8 Å². The van der Waals surface area contributed by atoms with Gasteiger partial charge in [-0.25, -0.2) is 9.48 Å². The van der Waals surface area contributed by atoms with Crippen LogP contribution in [-0.4, -0.2) is 27.4 Å². The van der Waals surface area contributed by atoms with E-state index in [0.717, 1.165) is 40.4 Å². The normalized spacial score (nSPS) is 11.1. The first-order valence-electron chi connectivity index (χ1n) is 12.5. The Morgan fingerprint density at radius 1 is 1.08 bits per heavy atom. The summed E-state index contributed by atoms with van der Waals surface area (Å²) in [5.74, 6) is 0.0377. The van der Waals surface area contributed by atoms with Gasteiger partial charge in [0.15, 0.2) is 0 Å². The fourth-order valence-electron chi connectivity index (χ4n) is 4.56. The third-order valence-electron chi connectivity index (χ3n) is 6.55. The molecule has 0 fully saturated rings. The molecule has 0 unspecified atom stereocenters. The summed E-state index contributed by atoms with van der Waals surface area (Å²) in [6.45, 7) is 9.82. The maximum Gasteiger partial charge on any atom is 0.336 e. The first-order valence-corrected chi connectivity index (χ1v) is 13.3. The minimum atomic E-state index is -0.921. The third kappa shape index (κ3) is 5.82. The van der Waals surface area contributed by atoms with Crippen LogP contribution < -0.4 is 9.64 Å². The van der Waals surface area contributed by atoms with Gasteiger partial charge in [0.1, 0.15) is 18.0 Å². The zero-order valence-electron chi connectivity index (χ0n) is 21.9. The van der Waals surface area contributed by atoms with E-state index in [1.54, 1.807) is 35.0 Å². The summed E-state index contributed by atoms with van der Waals surface area (Å²) >= 11 is 13.0. The topological polar surface area (TPSA) is 67.6 Å². The summed E-state index contributed by atoms with van der Waals surface area (Å²) in [6.07, 6.45) is 1.84. The van der Waals surface area contributed by atoms with E-state index in [0.29, 0.717) is 27.8 Å². The van der Waals surface area contributed by atoms with Crippen LogP contribution in [0.2, 0.25) is 10.0 Å². The molecule has 0 aliphatic carbocycles. The fourth-order valence-corrected chi connectivity index (χ4v) is 5.12. The van der Waals surface area contributed by atoms with E-state index in [-0.39, 0.29) is 12.5 Å². The Bertz CT molecular complexity index is 1430. The van der Waals surface area contributed by atoms with Gasteiger partial charge in [-0.15, -0.1) is 0 Å². The number of halogens is 2. The monoisotopic (exact) mass is 551 g/mol. The number of anilines is 1. The lowest BCUT2D eigenvalue weighted by atomic mass is 10.0. The average Bonchev–Trinajstić information content (AvgIpc) is 3.30. The molecule has 1 aromatic heterocycles. The predicted molar refractivity (Wildman–Crippen MR) is 153 cm³/mol. The largest absolute Gasteiger partial charge is 0.487 e. The molecule has 0 bridgehead atoms. The van der Waals surface area contributed by atoms with Crippen LogP contribution in [0.5, 0.6) is 5.75 Å². The third-order valence-corrected chi connectivity index (χ3v) is 7.16. The summed E-state index contributed by atoms with van der Waals surface area (Å²) in [5, 5.41) is 15.2. The molecule has 3 aromatic carbocycles. The van der Waals surface area contributed by atoms with Gasteiger partial charge in [0.05, 0.1) is 27.5 Å². The number of carboxylic acids is 1. The summed E-state index contributed by atoms with van der Waals surface area (Å²) in [5.41, 5.74) is 5.72. The van der Waals surface area contributed by atoms with Crippen molar-refractivity contribution < 1.29 is 14.6 Å². The molecule has 0 radical (unpaired) electrons. The first-order chi connectivity index (χ1) is 18.2. The van der Waals surface area contributed by atoms with Crippen LogP contribution in [-0.2, 0) is 13.2 Å². The lowest BCUT2D eigenvalue weighted by Gasteiger charge is -2.26. The summed E-state index contributed by atoms with van der Waals surface area (Å²) < 4.78 is 8.02. The minimum Gasteiger partial charge on any atom is -0.487 e. The van der Waals surface area contributed by atoms with E-state index in [4.69, 9.17) is 27.9 Å². The number of hydrogen-bond acceptors (Lipinski definition) is 4. The lowest BCUT2D eigenvalue weighted by molar-refractivity contribution is 0.0695. The highest BCUT2D eigenvalue weighted by atomic mass is 35.5. The SMILES string of the molecule is CCN(Cc1ccccc1C(=O)O)c1ccc(OCc2c(C(C)C)cnn2-c2c(Cl)cccc2Cl)cc1C. The van der Waals surface area contributed by atoms with E-state index in [2.05, 4.69) is 30.8 Å². The highest BCUT2D eigenvalue weighted by Gasteiger charge is 2.20. The number of rotatable bonds is 10. The molecule has 6 nitrogen and oxygen atoms in total. The molecule has 4 aromatic rings. The summed E-state index contributed by atoms with van der Waals surface area (Å²) in [6, 6.07) is 18.5. The number of carboxylic acid groups (broad SMARTS) is 1. The smallest absolute Gasteiger partial charge is 0.336 e. The number of carbonyl (C=O) groups is 1. The molecule has 0 spiro atoms. The van der Waals surface area contributed by atoms with Gasteiger partial charge < -0.3 is 14.7 Å². The highest BCUT2D eigenvalue weighted by Crippen LogP contribution is 2.33. The number of aromatic nitrogens is 2. The second kappa shape index (κ2) is 11.9. The molecule has 0 saturated heterocycles. The van der Waals surface area contributed by atoms with Crippen molar-refractivity contribution in [3.63, 3.8) is 0 Å². The van der Waals surface area contributed by atoms with E-state index in [1.165, 1.54) is 0 Å². The van der Waals surface area contributed by atoms with Crippen LogP contribution in [0, 0.1) is 6.92 Å². The van der Waals surface area contributed by atoms with Crippen LogP contribution in [0.4, 0.5) is 5.69 Å². The Hall–Kier alpha value is -3.48. The van der Waals surface area contributed by atoms with Gasteiger partial charge in [0.25, 0.3) is 0 Å². The standard InChI is InChI=1S/C30H31Cl2N3O3/c1-5-34(17-21-9-6-7-10-23(21)30(36)37)27-14-13-22(15-20(27)4)38-18-28-24(19(2)3)16-33-35(28)29-25(31)11-8-12-26(29)32/h6-16,19H,5,17-18H2,1-4H3,(H,36,37). The molecule has 8 heteroatoms. The molecule has 4 rings (SSSR count). The number of aromatic carboxylic acids is 1. The Morgan fingerprint density at radius 2 is 1.79 bits per heavy atom. The molecule has 198 valence electrons. The molecule has 0 aliphatic rings. The number of nitrogens with zero attached hydrogens (tertiary/aromatic N) is 3. The van der Waals surface area contributed by atoms with E-state index >= 15 is 0 Å². The van der Waals surface area contributed by atoms with E-state index < -0.39 is 5.97 Å². The van der Waals surface area contributed by atoms with Crippen molar-refractivity contribution in [1.29, 1.82) is 0 Å². The van der Waals surface area contributed by atoms with Crippen molar-refractivity contribution in [2.45, 2.75) is 46.8 Å². The Kier molecular flexibility index (Phi) is 8.65. The Morgan fingerprint density at radius 3 is 2.42 bits per heavy atom. The maximum atomic E-state index is 11.7. The molecule has 0 aliphatic heterocycles. The zero-order chi connectivity index (χ0) is 27.4. The molecule has 0 amide bonds. The van der Waals surface area contributed by atoms with Crippen molar-refractivity contribution in [2.75, 3.05) is 11.4 Å². The van der Waals surface area contributed by atoms with Gasteiger partial charge in [-0.3, -0.25) is 0 Å². The highest BCUT2D eigenvalue weighted by molar-refractivity contribution is 6.37. The predicted octanol–water partition coefficient (Wildman–Crippen LogP) is 7.91. The molecule has 1 heterocycles. The first kappa shape index (κ1) is 27.6. The summed E-state index contributed by atoms with van der Waals surface area (Å²) in [7, 11) is 0. The summed E-state index contributed by atoms with van der Waals surface area (Å²) in [4.78, 5) is 13.8. The molecular weight excluding hydrogens is 521 g/mol. The lowest BCUT2D eigenvalue weighted by Crippen LogP contribution is -2.24. The second-order valence-corrected chi connectivity index (χ2v) is 10.2. The molecule has 1 N–H and O–H groups in total. The molecule has 0 atom stereocenters. The molecule has 38 heavy (non-hydrogen) atoms. The van der Waals surface area contributed by atoms with Gasteiger partial charge in [-0.1, -0.05) is 61.3 Å². The van der Waals surface area contributed by atoms with Crippen LogP contribution in [0.3, 0.4) is 0 Å². The van der Waals surface area contributed by atoms with Crippen LogP contribution >= 0.6 is 23.2 Å². The maximum absolute atomic E-state index is 11.7. The van der Waals surface area contributed by atoms with Crippen LogP contribution in [0.25, 0.3) is 5.69 Å². The number of benzene rings is 3. The van der Waals surface area contributed by atoms with Crippen LogP contribution in [0.1, 0.15) is 59.4 Å². The van der Waals surface area contributed by atoms with Crippen molar-refractivity contribution in [3.8, 4) is 11.4 Å². The van der Waals surface area contributed by atoms with Crippen LogP contribution in [0.15, 0.2) is 66.9 Å². The van der Waals surface area contributed by atoms with Crippen molar-refractivity contribution >= 4 is 34.9 Å². The number of para-hydroxylation sites is 1. The molecule has 0 saturated carbocycles. The van der Waals surface area contributed by atoms with Crippen molar-refractivity contribution in [3.05, 3.63) is 105 Å². The Labute approximate surface area is 233 Å². The minimum absolute atomic E-state index is 0.236. The van der Waals surface area contributed by atoms with Gasteiger partial charge in [-0.2, -0.15) is 5.10 Å². The zero-order valence-corrected chi connectivity index (χ0v) is 23.4. The average molecular weight is 553 g/mol. The van der Waals surface area contributed by atoms with E-state index in [1.807, 2.05) is 43.5 Å².